The maximum atomic E-state index is 4.21. The zero-order valence-corrected chi connectivity index (χ0v) is 10.9. The minimum Gasteiger partial charge on any atom is -0.384 e. The van der Waals surface area contributed by atoms with Gasteiger partial charge in [0.15, 0.2) is 0 Å². The average molecular weight is 239 g/mol. The van der Waals surface area contributed by atoms with Gasteiger partial charge in [-0.3, -0.25) is 4.98 Å². The van der Waals surface area contributed by atoms with E-state index in [9.17, 15) is 0 Å². The maximum Gasteiger partial charge on any atom is 0.0547 e. The summed E-state index contributed by atoms with van der Waals surface area (Å²) in [5.74, 6) is 1.20. The number of nitrogens with zero attached hydrogens (tertiary/aromatic N) is 1. The first-order valence-corrected chi connectivity index (χ1v) is 7.18. The Hall–Kier alpha value is -0.900. The maximum absolute atomic E-state index is 4.21. The molecule has 2 N–H and O–H groups in total. The van der Waals surface area contributed by atoms with Crippen molar-refractivity contribution in [2.75, 3.05) is 35.7 Å². The Labute approximate surface area is 102 Å². The summed E-state index contributed by atoms with van der Waals surface area (Å²) in [7, 11) is 0. The third kappa shape index (κ3) is 5.26. The molecule has 0 saturated heterocycles. The molecule has 0 bridgehead atoms. The van der Waals surface area contributed by atoms with E-state index in [1.54, 1.807) is 0 Å². The molecule has 1 rings (SSSR count). The summed E-state index contributed by atoms with van der Waals surface area (Å²) < 4.78 is 0. The normalized spacial score (nSPS) is 10.1. The summed E-state index contributed by atoms with van der Waals surface area (Å²) >= 11 is 1.88. The van der Waals surface area contributed by atoms with Gasteiger partial charge in [-0.05, 0) is 30.9 Å². The first-order chi connectivity index (χ1) is 7.86. The highest BCUT2D eigenvalue weighted by Gasteiger charge is 1.95. The van der Waals surface area contributed by atoms with E-state index in [0.717, 1.165) is 30.9 Å². The molecule has 0 spiro atoms. The van der Waals surface area contributed by atoms with E-state index in [0.29, 0.717) is 0 Å². The minimum atomic E-state index is 0.998. The van der Waals surface area contributed by atoms with Crippen LogP contribution < -0.4 is 10.6 Å². The van der Waals surface area contributed by atoms with Crippen LogP contribution in [0.5, 0.6) is 0 Å². The highest BCUT2D eigenvalue weighted by atomic mass is 32.2. The van der Waals surface area contributed by atoms with E-state index in [2.05, 4.69) is 34.9 Å². The Balaban J connectivity index is 2.35. The van der Waals surface area contributed by atoms with Gasteiger partial charge in [-0.2, -0.15) is 11.8 Å². The summed E-state index contributed by atoms with van der Waals surface area (Å²) in [4.78, 5) is 4.21. The smallest absolute Gasteiger partial charge is 0.0547 e. The number of nitrogens with one attached hydrogen (secondary N) is 2. The molecule has 0 unspecified atom stereocenters. The van der Waals surface area contributed by atoms with Crippen molar-refractivity contribution in [2.45, 2.75) is 19.8 Å². The zero-order valence-electron chi connectivity index (χ0n) is 10.1. The third-order valence-corrected chi connectivity index (χ3v) is 2.87. The lowest BCUT2D eigenvalue weighted by Gasteiger charge is -2.08. The van der Waals surface area contributed by atoms with Crippen molar-refractivity contribution < 1.29 is 0 Å². The van der Waals surface area contributed by atoms with Crippen molar-refractivity contribution >= 4 is 23.1 Å². The van der Waals surface area contributed by atoms with Crippen molar-refractivity contribution in [3.05, 3.63) is 18.5 Å². The molecule has 16 heavy (non-hydrogen) atoms. The molecule has 0 fully saturated rings. The van der Waals surface area contributed by atoms with Crippen LogP contribution in [0.25, 0.3) is 0 Å². The number of anilines is 2. The van der Waals surface area contributed by atoms with Crippen LogP contribution in [-0.4, -0.2) is 30.1 Å². The van der Waals surface area contributed by atoms with Gasteiger partial charge < -0.3 is 10.6 Å². The Bertz CT molecular complexity index is 291. The lowest BCUT2D eigenvalue weighted by molar-refractivity contribution is 0.974. The van der Waals surface area contributed by atoms with Gasteiger partial charge in [0.1, 0.15) is 0 Å². The molecule has 0 atom stereocenters. The first-order valence-electron chi connectivity index (χ1n) is 5.78. The molecule has 0 amide bonds. The number of thioether (sulfide) groups is 1. The van der Waals surface area contributed by atoms with Gasteiger partial charge in [-0.25, -0.2) is 0 Å². The number of hydrogen-bond acceptors (Lipinski definition) is 4. The Morgan fingerprint density at radius 3 is 2.50 bits per heavy atom. The lowest BCUT2D eigenvalue weighted by Crippen LogP contribution is -2.05. The van der Waals surface area contributed by atoms with Gasteiger partial charge in [0.2, 0.25) is 0 Å². The fraction of sp³-hybridized carbons (Fsp3) is 0.583. The second-order valence-corrected chi connectivity index (χ2v) is 4.65. The molecule has 3 nitrogen and oxygen atoms in total. The van der Waals surface area contributed by atoms with Gasteiger partial charge in [0, 0.05) is 13.1 Å². The van der Waals surface area contributed by atoms with Crippen LogP contribution in [0.4, 0.5) is 11.4 Å². The van der Waals surface area contributed by atoms with Gasteiger partial charge in [0.05, 0.1) is 23.8 Å². The van der Waals surface area contributed by atoms with Crippen LogP contribution in [0.1, 0.15) is 19.8 Å². The van der Waals surface area contributed by atoms with Crippen molar-refractivity contribution in [1.29, 1.82) is 0 Å². The SMILES string of the molecule is CCCNc1cncc(NCCCSC)c1. The van der Waals surface area contributed by atoms with Gasteiger partial charge in [0.25, 0.3) is 0 Å². The summed E-state index contributed by atoms with van der Waals surface area (Å²) in [5.41, 5.74) is 2.19. The van der Waals surface area contributed by atoms with Crippen molar-refractivity contribution in [2.24, 2.45) is 0 Å². The second-order valence-electron chi connectivity index (χ2n) is 3.66. The molecule has 0 aliphatic heterocycles. The molecular weight excluding hydrogens is 218 g/mol. The molecule has 0 radical (unpaired) electrons. The number of pyridine rings is 1. The van der Waals surface area contributed by atoms with E-state index in [-0.39, 0.29) is 0 Å². The Morgan fingerprint density at radius 1 is 1.19 bits per heavy atom. The Kier molecular flexibility index (Phi) is 6.81. The fourth-order valence-corrected chi connectivity index (χ4v) is 1.78. The van der Waals surface area contributed by atoms with Crippen molar-refractivity contribution in [3.8, 4) is 0 Å². The highest BCUT2D eigenvalue weighted by molar-refractivity contribution is 7.98. The van der Waals surface area contributed by atoms with Crippen LogP contribution >= 0.6 is 11.8 Å². The van der Waals surface area contributed by atoms with E-state index < -0.39 is 0 Å². The van der Waals surface area contributed by atoms with Gasteiger partial charge >= 0.3 is 0 Å². The summed E-state index contributed by atoms with van der Waals surface area (Å²) in [5, 5.41) is 6.71. The third-order valence-electron chi connectivity index (χ3n) is 2.17. The molecule has 0 aliphatic carbocycles. The molecule has 1 heterocycles. The van der Waals surface area contributed by atoms with Crippen LogP contribution in [0.15, 0.2) is 18.5 Å². The van der Waals surface area contributed by atoms with E-state index >= 15 is 0 Å². The van der Waals surface area contributed by atoms with Crippen molar-refractivity contribution in [1.82, 2.24) is 4.98 Å². The molecule has 0 aromatic carbocycles. The molecule has 90 valence electrons. The average Bonchev–Trinajstić information content (AvgIpc) is 2.33. The monoisotopic (exact) mass is 239 g/mol. The predicted octanol–water partition coefficient (Wildman–Crippen LogP) is 3.07. The molecular formula is C12H21N3S. The molecule has 1 aromatic rings. The summed E-state index contributed by atoms with van der Waals surface area (Å²) in [6.45, 7) is 4.17. The van der Waals surface area contributed by atoms with Crippen LogP contribution in [-0.2, 0) is 0 Å². The number of hydrogen-bond donors (Lipinski definition) is 2. The predicted molar refractivity (Wildman–Crippen MR) is 74.5 cm³/mol. The standard InChI is InChI=1S/C12H21N3S/c1-3-5-14-11-8-12(10-13-9-11)15-6-4-7-16-2/h8-10,14-15H,3-7H2,1-2H3. The topological polar surface area (TPSA) is 37.0 Å². The van der Waals surface area contributed by atoms with Crippen molar-refractivity contribution in [3.63, 3.8) is 0 Å². The fourth-order valence-electron chi connectivity index (χ4n) is 1.35. The number of aromatic nitrogens is 1. The molecule has 0 saturated carbocycles. The van der Waals surface area contributed by atoms with Crippen LogP contribution in [0.3, 0.4) is 0 Å². The van der Waals surface area contributed by atoms with Gasteiger partial charge in [-0.1, -0.05) is 6.92 Å². The highest BCUT2D eigenvalue weighted by Crippen LogP contribution is 2.12. The summed E-state index contributed by atoms with van der Waals surface area (Å²) in [6.07, 6.45) is 8.19. The molecule has 1 aromatic heterocycles. The van der Waals surface area contributed by atoms with E-state index in [1.165, 1.54) is 12.2 Å². The van der Waals surface area contributed by atoms with Crippen LogP contribution in [0.2, 0.25) is 0 Å². The lowest BCUT2D eigenvalue weighted by atomic mass is 10.3. The number of rotatable bonds is 8. The van der Waals surface area contributed by atoms with E-state index in [1.807, 2.05) is 24.2 Å². The zero-order chi connectivity index (χ0) is 11.6. The second kappa shape index (κ2) is 8.28. The Morgan fingerprint density at radius 2 is 1.88 bits per heavy atom. The van der Waals surface area contributed by atoms with E-state index in [4.69, 9.17) is 0 Å². The van der Waals surface area contributed by atoms with Gasteiger partial charge in [-0.15, -0.1) is 0 Å². The minimum absolute atomic E-state index is 0.998. The quantitative estimate of drug-likeness (QED) is 0.684. The largest absolute Gasteiger partial charge is 0.384 e. The first kappa shape index (κ1) is 13.2. The van der Waals surface area contributed by atoms with Crippen LogP contribution in [0, 0.1) is 0 Å². The summed E-state index contributed by atoms with van der Waals surface area (Å²) in [6, 6.07) is 2.11. The molecule has 0 aliphatic rings. The molecule has 4 heteroatoms.